The Morgan fingerprint density at radius 1 is 0.289 bits per heavy atom. The van der Waals surface area contributed by atoms with Gasteiger partial charge in [-0.1, -0.05) is 194 Å². The Morgan fingerprint density at radius 3 is 0.737 bits per heavy atom. The molecule has 2 heteroatoms. The van der Waals surface area contributed by atoms with Crippen LogP contribution in [0.4, 0.5) is 0 Å². The van der Waals surface area contributed by atoms with Crippen molar-refractivity contribution in [2.24, 2.45) is 23.3 Å². The molecular formula is C36H76N2. The zero-order valence-corrected chi connectivity index (χ0v) is 26.9. The molecule has 2 nitrogen and oxygen atoms in total. The van der Waals surface area contributed by atoms with E-state index in [1.54, 1.807) is 0 Å². The number of nitrogens with two attached hydrogens (primary N) is 2. The van der Waals surface area contributed by atoms with Gasteiger partial charge in [0.25, 0.3) is 0 Å². The van der Waals surface area contributed by atoms with E-state index in [-0.39, 0.29) is 0 Å². The fourth-order valence-electron chi connectivity index (χ4n) is 6.47. The lowest BCUT2D eigenvalue weighted by Crippen LogP contribution is -2.16. The van der Waals surface area contributed by atoms with Crippen molar-refractivity contribution >= 4 is 0 Å². The molecular weight excluding hydrogens is 460 g/mol. The van der Waals surface area contributed by atoms with Crippen LogP contribution in [0.5, 0.6) is 0 Å². The highest BCUT2D eigenvalue weighted by atomic mass is 14.5. The summed E-state index contributed by atoms with van der Waals surface area (Å²) < 4.78 is 0. The van der Waals surface area contributed by atoms with Crippen LogP contribution in [-0.2, 0) is 0 Å². The van der Waals surface area contributed by atoms with Gasteiger partial charge in [-0.15, -0.1) is 0 Å². The smallest absolute Gasteiger partial charge is 0.00773 e. The first-order valence-electron chi connectivity index (χ1n) is 18.2. The SMILES string of the molecule is CCCCCCCCCC(CCCCCCCCN)C(CCCCCCCC)CCCCCCCCCN. The Morgan fingerprint density at radius 2 is 0.500 bits per heavy atom. The normalized spacial score (nSPS) is 13.3. The zero-order chi connectivity index (χ0) is 27.8. The molecule has 0 aromatic carbocycles. The zero-order valence-electron chi connectivity index (χ0n) is 26.9. The molecule has 0 saturated heterocycles. The summed E-state index contributed by atoms with van der Waals surface area (Å²) in [6.07, 6.45) is 42.9. The second-order valence-corrected chi connectivity index (χ2v) is 12.7. The van der Waals surface area contributed by atoms with Gasteiger partial charge in [0.15, 0.2) is 0 Å². The molecule has 2 atom stereocenters. The summed E-state index contributed by atoms with van der Waals surface area (Å²) in [6.45, 7) is 6.40. The molecule has 0 spiro atoms. The molecule has 0 aliphatic rings. The summed E-state index contributed by atoms with van der Waals surface area (Å²) in [4.78, 5) is 0. The highest BCUT2D eigenvalue weighted by molar-refractivity contribution is 4.72. The van der Waals surface area contributed by atoms with E-state index in [1.807, 2.05) is 0 Å². The van der Waals surface area contributed by atoms with Gasteiger partial charge in [0.1, 0.15) is 0 Å². The second-order valence-electron chi connectivity index (χ2n) is 12.7. The van der Waals surface area contributed by atoms with Gasteiger partial charge in [-0.2, -0.15) is 0 Å². The van der Waals surface area contributed by atoms with Gasteiger partial charge < -0.3 is 11.5 Å². The lowest BCUT2D eigenvalue weighted by molar-refractivity contribution is 0.236. The van der Waals surface area contributed by atoms with Gasteiger partial charge in [0.05, 0.1) is 0 Å². The van der Waals surface area contributed by atoms with Gasteiger partial charge in [-0.25, -0.2) is 0 Å². The molecule has 4 N–H and O–H groups in total. The summed E-state index contributed by atoms with van der Waals surface area (Å²) in [5, 5.41) is 0. The number of hydrogen-bond donors (Lipinski definition) is 2. The average molecular weight is 537 g/mol. The van der Waals surface area contributed by atoms with Crippen molar-refractivity contribution in [2.45, 2.75) is 206 Å². The summed E-state index contributed by atoms with van der Waals surface area (Å²) in [5.41, 5.74) is 11.4. The van der Waals surface area contributed by atoms with Crippen molar-refractivity contribution < 1.29 is 0 Å². The predicted molar refractivity (Wildman–Crippen MR) is 175 cm³/mol. The fraction of sp³-hybridized carbons (Fsp3) is 1.00. The van der Waals surface area contributed by atoms with Crippen molar-refractivity contribution in [1.29, 1.82) is 0 Å². The minimum atomic E-state index is 0.869. The summed E-state index contributed by atoms with van der Waals surface area (Å²) in [7, 11) is 0. The molecule has 0 saturated carbocycles. The third kappa shape index (κ3) is 27.5. The standard InChI is InChI=1S/C36H76N2/c1-3-5-7-9-12-18-24-30-36(32-26-20-14-16-22-28-34-38)35(29-23-17-10-8-6-4-2)31-25-19-13-11-15-21-27-33-37/h35-36H,3-34,37-38H2,1-2H3. The predicted octanol–water partition coefficient (Wildman–Crippen LogP) is 11.9. The van der Waals surface area contributed by atoms with Gasteiger partial charge in [0, 0.05) is 0 Å². The van der Waals surface area contributed by atoms with E-state index in [0.717, 1.165) is 24.9 Å². The Bertz CT molecular complexity index is 392. The van der Waals surface area contributed by atoms with Crippen molar-refractivity contribution in [2.75, 3.05) is 13.1 Å². The number of rotatable bonds is 33. The highest BCUT2D eigenvalue weighted by Crippen LogP contribution is 2.33. The van der Waals surface area contributed by atoms with Crippen LogP contribution in [0.2, 0.25) is 0 Å². The van der Waals surface area contributed by atoms with E-state index >= 15 is 0 Å². The van der Waals surface area contributed by atoms with Crippen LogP contribution >= 0.6 is 0 Å². The van der Waals surface area contributed by atoms with Crippen molar-refractivity contribution in [3.63, 3.8) is 0 Å². The average Bonchev–Trinajstić information content (AvgIpc) is 2.93. The maximum atomic E-state index is 5.69. The lowest BCUT2D eigenvalue weighted by Gasteiger charge is -2.28. The maximum Gasteiger partial charge on any atom is -0.00773 e. The van der Waals surface area contributed by atoms with Crippen LogP contribution in [0.15, 0.2) is 0 Å². The van der Waals surface area contributed by atoms with Gasteiger partial charge in [0.2, 0.25) is 0 Å². The van der Waals surface area contributed by atoms with E-state index in [2.05, 4.69) is 13.8 Å². The molecule has 0 aliphatic heterocycles. The Hall–Kier alpha value is -0.0800. The van der Waals surface area contributed by atoms with Gasteiger partial charge >= 0.3 is 0 Å². The van der Waals surface area contributed by atoms with Crippen molar-refractivity contribution in [1.82, 2.24) is 0 Å². The summed E-state index contributed by atoms with van der Waals surface area (Å²) >= 11 is 0. The minimum absolute atomic E-state index is 0.869. The topological polar surface area (TPSA) is 52.0 Å². The Kier molecular flexibility index (Phi) is 33.1. The monoisotopic (exact) mass is 537 g/mol. The molecule has 2 unspecified atom stereocenters. The molecule has 0 aromatic rings. The van der Waals surface area contributed by atoms with Crippen LogP contribution in [0.1, 0.15) is 206 Å². The van der Waals surface area contributed by atoms with Crippen molar-refractivity contribution in [3.05, 3.63) is 0 Å². The molecule has 0 bridgehead atoms. The number of unbranched alkanes of at least 4 members (excludes halogenated alkanes) is 22. The first kappa shape index (κ1) is 37.9. The quantitative estimate of drug-likeness (QED) is 0.0819. The van der Waals surface area contributed by atoms with E-state index in [0.29, 0.717) is 0 Å². The summed E-state index contributed by atoms with van der Waals surface area (Å²) in [5.74, 6) is 1.99. The summed E-state index contributed by atoms with van der Waals surface area (Å²) in [6, 6.07) is 0. The maximum absolute atomic E-state index is 5.69. The van der Waals surface area contributed by atoms with E-state index in [1.165, 1.54) is 193 Å². The molecule has 0 aliphatic carbocycles. The minimum Gasteiger partial charge on any atom is -0.330 e. The van der Waals surface area contributed by atoms with Crippen molar-refractivity contribution in [3.8, 4) is 0 Å². The first-order valence-corrected chi connectivity index (χ1v) is 18.2. The van der Waals surface area contributed by atoms with Crippen LogP contribution in [-0.4, -0.2) is 13.1 Å². The molecule has 38 heavy (non-hydrogen) atoms. The van der Waals surface area contributed by atoms with Crippen LogP contribution < -0.4 is 11.5 Å². The number of hydrogen-bond acceptors (Lipinski definition) is 2. The molecule has 0 fully saturated rings. The Labute approximate surface area is 242 Å². The third-order valence-electron chi connectivity index (χ3n) is 9.08. The lowest BCUT2D eigenvalue weighted by atomic mass is 9.78. The molecule has 230 valence electrons. The van der Waals surface area contributed by atoms with Crippen LogP contribution in [0.3, 0.4) is 0 Å². The highest BCUT2D eigenvalue weighted by Gasteiger charge is 2.20. The van der Waals surface area contributed by atoms with E-state index in [4.69, 9.17) is 11.5 Å². The van der Waals surface area contributed by atoms with Crippen LogP contribution in [0, 0.1) is 11.8 Å². The Balaban J connectivity index is 4.69. The molecule has 0 rings (SSSR count). The van der Waals surface area contributed by atoms with E-state index < -0.39 is 0 Å². The van der Waals surface area contributed by atoms with Gasteiger partial charge in [-0.05, 0) is 37.8 Å². The fourth-order valence-corrected chi connectivity index (χ4v) is 6.47. The molecule has 0 heterocycles. The second kappa shape index (κ2) is 33.1. The largest absolute Gasteiger partial charge is 0.330 e. The molecule has 0 radical (unpaired) electrons. The van der Waals surface area contributed by atoms with E-state index in [9.17, 15) is 0 Å². The van der Waals surface area contributed by atoms with Crippen LogP contribution in [0.25, 0.3) is 0 Å². The molecule has 0 aromatic heterocycles. The third-order valence-corrected chi connectivity index (χ3v) is 9.08. The molecule has 0 amide bonds. The van der Waals surface area contributed by atoms with Gasteiger partial charge in [-0.3, -0.25) is 0 Å². The first-order chi connectivity index (χ1) is 18.8.